The highest BCUT2D eigenvalue weighted by Gasteiger charge is 2.22. The molecule has 1 aromatic heterocycles. The topological polar surface area (TPSA) is 99.3 Å². The maximum Gasteiger partial charge on any atom is 0.307 e. The number of nitrogens with one attached hydrogen (secondary N) is 2. The Labute approximate surface area is 162 Å². The Hall–Kier alpha value is -2.35. The highest BCUT2D eigenvalue weighted by molar-refractivity contribution is 7.89. The number of fused-ring (bicyclic) bond motifs is 1. The van der Waals surface area contributed by atoms with Crippen molar-refractivity contribution >= 4 is 38.5 Å². The van der Waals surface area contributed by atoms with Crippen molar-refractivity contribution in [2.75, 3.05) is 0 Å². The van der Waals surface area contributed by atoms with Crippen LogP contribution in [-0.4, -0.2) is 30.5 Å². The standard InChI is InChI=1S/C19H19ClN2O4S/c1-11(2)22-27(25,26)17-9-12(7-8-15(17)20)19-14(10-18(23)24)13-5-3-4-6-16(13)21-19/h3-9,11,21-22H,10H2,1-2H3,(H,23,24). The molecule has 3 rings (SSSR count). The van der Waals surface area contributed by atoms with E-state index in [9.17, 15) is 18.3 Å². The van der Waals surface area contributed by atoms with Gasteiger partial charge in [-0.25, -0.2) is 13.1 Å². The number of para-hydroxylation sites is 1. The second kappa shape index (κ2) is 7.34. The fourth-order valence-corrected chi connectivity index (χ4v) is 4.80. The molecule has 8 heteroatoms. The van der Waals surface area contributed by atoms with E-state index in [1.807, 2.05) is 24.3 Å². The number of carboxylic acids is 1. The summed E-state index contributed by atoms with van der Waals surface area (Å²) in [6.07, 6.45) is -0.186. The van der Waals surface area contributed by atoms with Gasteiger partial charge in [0.2, 0.25) is 10.0 Å². The number of hydrogen-bond donors (Lipinski definition) is 3. The van der Waals surface area contributed by atoms with Gasteiger partial charge in [-0.05, 0) is 43.2 Å². The second-order valence-electron chi connectivity index (χ2n) is 6.52. The molecular formula is C19H19ClN2O4S. The Balaban J connectivity index is 2.20. The zero-order chi connectivity index (χ0) is 19.8. The zero-order valence-corrected chi connectivity index (χ0v) is 16.4. The van der Waals surface area contributed by atoms with Crippen LogP contribution in [0.5, 0.6) is 0 Å². The molecule has 0 radical (unpaired) electrons. The van der Waals surface area contributed by atoms with Gasteiger partial charge in [0.1, 0.15) is 4.90 Å². The Morgan fingerprint density at radius 3 is 2.59 bits per heavy atom. The van der Waals surface area contributed by atoms with Crippen molar-refractivity contribution in [2.45, 2.75) is 31.2 Å². The largest absolute Gasteiger partial charge is 0.481 e. The van der Waals surface area contributed by atoms with E-state index in [-0.39, 0.29) is 22.4 Å². The summed E-state index contributed by atoms with van der Waals surface area (Å²) in [5.74, 6) is -0.968. The van der Waals surface area contributed by atoms with Crippen molar-refractivity contribution in [3.05, 3.63) is 53.1 Å². The number of benzene rings is 2. The number of carboxylic acid groups (broad SMARTS) is 1. The van der Waals surface area contributed by atoms with Crippen LogP contribution in [0.1, 0.15) is 19.4 Å². The molecule has 1 heterocycles. The summed E-state index contributed by atoms with van der Waals surface area (Å²) in [5, 5.41) is 10.2. The van der Waals surface area contributed by atoms with Gasteiger partial charge in [0, 0.05) is 16.9 Å². The number of rotatable bonds is 6. The van der Waals surface area contributed by atoms with E-state index in [2.05, 4.69) is 9.71 Å². The summed E-state index contributed by atoms with van der Waals surface area (Å²) in [5.41, 5.74) is 2.50. The molecule has 3 N–H and O–H groups in total. The third kappa shape index (κ3) is 4.00. The minimum atomic E-state index is -3.80. The summed E-state index contributed by atoms with van der Waals surface area (Å²) in [6.45, 7) is 3.44. The molecule has 0 atom stereocenters. The summed E-state index contributed by atoms with van der Waals surface area (Å²) in [6, 6.07) is 11.7. The number of aliphatic carboxylic acids is 1. The molecule has 0 aliphatic carbocycles. The molecule has 27 heavy (non-hydrogen) atoms. The molecule has 0 aliphatic rings. The van der Waals surface area contributed by atoms with E-state index in [0.717, 1.165) is 10.9 Å². The Morgan fingerprint density at radius 1 is 1.22 bits per heavy atom. The van der Waals surface area contributed by atoms with Gasteiger partial charge in [0.25, 0.3) is 0 Å². The van der Waals surface area contributed by atoms with E-state index in [1.165, 1.54) is 12.1 Å². The third-order valence-corrected chi connectivity index (χ3v) is 6.18. The van der Waals surface area contributed by atoms with Crippen molar-refractivity contribution in [2.24, 2.45) is 0 Å². The Bertz CT molecular complexity index is 1120. The highest BCUT2D eigenvalue weighted by atomic mass is 35.5. The van der Waals surface area contributed by atoms with E-state index >= 15 is 0 Å². The zero-order valence-electron chi connectivity index (χ0n) is 14.8. The fraction of sp³-hybridized carbons (Fsp3) is 0.211. The third-order valence-electron chi connectivity index (χ3n) is 4.04. The van der Waals surface area contributed by atoms with Gasteiger partial charge in [-0.3, -0.25) is 4.79 Å². The summed E-state index contributed by atoms with van der Waals surface area (Å²) < 4.78 is 27.7. The fourth-order valence-electron chi connectivity index (χ4n) is 3.02. The minimum absolute atomic E-state index is 0.0460. The van der Waals surface area contributed by atoms with Crippen LogP contribution < -0.4 is 4.72 Å². The Kier molecular flexibility index (Phi) is 5.28. The van der Waals surface area contributed by atoms with Gasteiger partial charge >= 0.3 is 5.97 Å². The number of H-pyrrole nitrogens is 1. The maximum atomic E-state index is 12.6. The number of halogens is 1. The van der Waals surface area contributed by atoms with Gasteiger partial charge in [0.15, 0.2) is 0 Å². The molecule has 0 bridgehead atoms. The lowest BCUT2D eigenvalue weighted by Crippen LogP contribution is -2.30. The highest BCUT2D eigenvalue weighted by Crippen LogP contribution is 2.34. The number of carbonyl (C=O) groups is 1. The molecular weight excluding hydrogens is 388 g/mol. The van der Waals surface area contributed by atoms with Crippen molar-refractivity contribution in [3.63, 3.8) is 0 Å². The van der Waals surface area contributed by atoms with Gasteiger partial charge in [0.05, 0.1) is 17.1 Å². The van der Waals surface area contributed by atoms with Crippen LogP contribution in [0.25, 0.3) is 22.2 Å². The second-order valence-corrected chi connectivity index (χ2v) is 8.61. The van der Waals surface area contributed by atoms with E-state index in [0.29, 0.717) is 16.8 Å². The molecule has 0 saturated carbocycles. The van der Waals surface area contributed by atoms with Crippen LogP contribution in [0.3, 0.4) is 0 Å². The molecule has 0 saturated heterocycles. The quantitative estimate of drug-likeness (QED) is 0.579. The number of hydrogen-bond acceptors (Lipinski definition) is 3. The molecule has 142 valence electrons. The van der Waals surface area contributed by atoms with Crippen molar-refractivity contribution in [1.82, 2.24) is 9.71 Å². The number of aromatic amines is 1. The molecule has 0 unspecified atom stereocenters. The first-order valence-corrected chi connectivity index (χ1v) is 10.2. The Morgan fingerprint density at radius 2 is 1.93 bits per heavy atom. The predicted molar refractivity (Wildman–Crippen MR) is 106 cm³/mol. The maximum absolute atomic E-state index is 12.6. The molecule has 2 aromatic carbocycles. The lowest BCUT2D eigenvalue weighted by Gasteiger charge is -2.12. The molecule has 3 aromatic rings. The van der Waals surface area contributed by atoms with Crippen LogP contribution in [0.15, 0.2) is 47.4 Å². The van der Waals surface area contributed by atoms with E-state index in [1.54, 1.807) is 19.9 Å². The van der Waals surface area contributed by atoms with Crippen molar-refractivity contribution < 1.29 is 18.3 Å². The van der Waals surface area contributed by atoms with Gasteiger partial charge in [-0.2, -0.15) is 0 Å². The van der Waals surface area contributed by atoms with Crippen LogP contribution in [0, 0.1) is 0 Å². The van der Waals surface area contributed by atoms with Gasteiger partial charge in [-0.15, -0.1) is 0 Å². The monoisotopic (exact) mass is 406 g/mol. The van der Waals surface area contributed by atoms with Gasteiger partial charge in [-0.1, -0.05) is 35.9 Å². The normalized spacial score (nSPS) is 12.0. The van der Waals surface area contributed by atoms with Crippen molar-refractivity contribution in [1.29, 1.82) is 0 Å². The first-order valence-electron chi connectivity index (χ1n) is 8.32. The minimum Gasteiger partial charge on any atom is -0.481 e. The first-order chi connectivity index (χ1) is 12.7. The van der Waals surface area contributed by atoms with Crippen LogP contribution in [-0.2, 0) is 21.2 Å². The van der Waals surface area contributed by atoms with E-state index in [4.69, 9.17) is 11.6 Å². The SMILES string of the molecule is CC(C)NS(=O)(=O)c1cc(-c2[nH]c3ccccc3c2CC(=O)O)ccc1Cl. The molecule has 0 fully saturated rings. The van der Waals surface area contributed by atoms with E-state index < -0.39 is 16.0 Å². The molecule has 6 nitrogen and oxygen atoms in total. The molecule has 0 amide bonds. The summed E-state index contributed by atoms with van der Waals surface area (Å²) in [7, 11) is -3.80. The molecule has 0 spiro atoms. The van der Waals surface area contributed by atoms with Crippen LogP contribution in [0.4, 0.5) is 0 Å². The average molecular weight is 407 g/mol. The number of aromatic nitrogens is 1. The lowest BCUT2D eigenvalue weighted by atomic mass is 10.0. The van der Waals surface area contributed by atoms with Crippen LogP contribution in [0.2, 0.25) is 5.02 Å². The van der Waals surface area contributed by atoms with Crippen molar-refractivity contribution in [3.8, 4) is 11.3 Å². The summed E-state index contributed by atoms with van der Waals surface area (Å²) >= 11 is 6.13. The molecule has 0 aliphatic heterocycles. The summed E-state index contributed by atoms with van der Waals surface area (Å²) in [4.78, 5) is 14.5. The van der Waals surface area contributed by atoms with Crippen LogP contribution >= 0.6 is 11.6 Å². The number of sulfonamides is 1. The lowest BCUT2D eigenvalue weighted by molar-refractivity contribution is -0.136. The average Bonchev–Trinajstić information content (AvgIpc) is 2.92. The first kappa shape index (κ1) is 19.4. The van der Waals surface area contributed by atoms with Gasteiger partial charge < -0.3 is 10.1 Å². The smallest absolute Gasteiger partial charge is 0.307 e. The predicted octanol–water partition coefficient (Wildman–Crippen LogP) is 3.80.